The Morgan fingerprint density at radius 1 is 1.16 bits per heavy atom. The Morgan fingerprint density at radius 3 is 2.47 bits per heavy atom. The maximum atomic E-state index is 5.64. The van der Waals surface area contributed by atoms with Crippen molar-refractivity contribution in [2.24, 2.45) is 5.92 Å². The van der Waals surface area contributed by atoms with Gasteiger partial charge in [0.05, 0.1) is 6.61 Å². The van der Waals surface area contributed by atoms with Gasteiger partial charge < -0.3 is 10.1 Å². The zero-order valence-corrected chi connectivity index (χ0v) is 12.3. The van der Waals surface area contributed by atoms with Gasteiger partial charge in [-0.05, 0) is 49.4 Å². The Hall–Kier alpha value is -1.02. The molecule has 0 amide bonds. The molecule has 0 radical (unpaired) electrons. The number of benzene rings is 1. The monoisotopic (exact) mass is 261 g/mol. The summed E-state index contributed by atoms with van der Waals surface area (Å²) >= 11 is 0. The maximum Gasteiger partial charge on any atom is 0.119 e. The highest BCUT2D eigenvalue weighted by atomic mass is 16.5. The van der Waals surface area contributed by atoms with Gasteiger partial charge in [-0.1, -0.05) is 38.8 Å². The highest BCUT2D eigenvalue weighted by molar-refractivity contribution is 5.29. The zero-order chi connectivity index (χ0) is 13.5. The summed E-state index contributed by atoms with van der Waals surface area (Å²) in [5, 5.41) is 3.68. The van der Waals surface area contributed by atoms with Gasteiger partial charge >= 0.3 is 0 Å². The molecule has 0 aromatic heterocycles. The summed E-state index contributed by atoms with van der Waals surface area (Å²) < 4.78 is 5.64. The molecule has 19 heavy (non-hydrogen) atoms. The van der Waals surface area contributed by atoms with Crippen LogP contribution < -0.4 is 10.1 Å². The first-order chi connectivity index (χ1) is 9.33. The van der Waals surface area contributed by atoms with E-state index in [1.54, 1.807) is 0 Å². The van der Waals surface area contributed by atoms with Gasteiger partial charge in [-0.25, -0.2) is 0 Å². The SMILES string of the molecule is CCCNC(CC1CC1)c1ccc(OCCC)cc1. The van der Waals surface area contributed by atoms with Gasteiger partial charge in [-0.3, -0.25) is 0 Å². The first-order valence-corrected chi connectivity index (χ1v) is 7.79. The predicted molar refractivity (Wildman–Crippen MR) is 80.6 cm³/mol. The molecule has 1 fully saturated rings. The molecule has 0 spiro atoms. The van der Waals surface area contributed by atoms with E-state index in [-0.39, 0.29) is 0 Å². The second kappa shape index (κ2) is 7.54. The van der Waals surface area contributed by atoms with Crippen LogP contribution in [0.1, 0.15) is 57.6 Å². The van der Waals surface area contributed by atoms with Gasteiger partial charge in [0.15, 0.2) is 0 Å². The molecule has 2 heteroatoms. The van der Waals surface area contributed by atoms with Crippen molar-refractivity contribution in [3.63, 3.8) is 0 Å². The van der Waals surface area contributed by atoms with Crippen LogP contribution in [0.15, 0.2) is 24.3 Å². The lowest BCUT2D eigenvalue weighted by molar-refractivity contribution is 0.317. The van der Waals surface area contributed by atoms with E-state index >= 15 is 0 Å². The Labute approximate surface area is 117 Å². The lowest BCUT2D eigenvalue weighted by atomic mass is 10.0. The van der Waals surface area contributed by atoms with E-state index in [2.05, 4.69) is 43.4 Å². The molecule has 2 nitrogen and oxygen atoms in total. The van der Waals surface area contributed by atoms with E-state index in [0.29, 0.717) is 6.04 Å². The summed E-state index contributed by atoms with van der Waals surface area (Å²) in [6.45, 7) is 6.27. The van der Waals surface area contributed by atoms with E-state index < -0.39 is 0 Å². The van der Waals surface area contributed by atoms with Crippen LogP contribution in [0.3, 0.4) is 0 Å². The van der Waals surface area contributed by atoms with Crippen molar-refractivity contribution in [1.29, 1.82) is 0 Å². The van der Waals surface area contributed by atoms with Crippen LogP contribution in [0.4, 0.5) is 0 Å². The molecule has 0 saturated heterocycles. The Bertz CT molecular complexity index is 356. The predicted octanol–water partition coefficient (Wildman–Crippen LogP) is 4.32. The highest BCUT2D eigenvalue weighted by Gasteiger charge is 2.25. The van der Waals surface area contributed by atoms with Gasteiger partial charge in [-0.15, -0.1) is 0 Å². The highest BCUT2D eigenvalue weighted by Crippen LogP contribution is 2.37. The van der Waals surface area contributed by atoms with Crippen LogP contribution in [0.25, 0.3) is 0 Å². The fourth-order valence-electron chi connectivity index (χ4n) is 2.36. The average Bonchev–Trinajstić information content (AvgIpc) is 3.26. The van der Waals surface area contributed by atoms with Crippen LogP contribution in [-0.4, -0.2) is 13.2 Å². The molecule has 0 aliphatic heterocycles. The van der Waals surface area contributed by atoms with Gasteiger partial charge in [0.1, 0.15) is 5.75 Å². The molecule has 0 bridgehead atoms. The molecule has 1 aromatic carbocycles. The van der Waals surface area contributed by atoms with Crippen molar-refractivity contribution in [1.82, 2.24) is 5.32 Å². The maximum absolute atomic E-state index is 5.64. The molecular weight excluding hydrogens is 234 g/mol. The van der Waals surface area contributed by atoms with Crippen molar-refractivity contribution in [2.45, 2.75) is 52.0 Å². The molecule has 1 saturated carbocycles. The number of hydrogen-bond acceptors (Lipinski definition) is 2. The average molecular weight is 261 g/mol. The number of nitrogens with one attached hydrogen (secondary N) is 1. The van der Waals surface area contributed by atoms with Crippen molar-refractivity contribution in [2.75, 3.05) is 13.2 Å². The quantitative estimate of drug-likeness (QED) is 0.715. The minimum absolute atomic E-state index is 0.521. The van der Waals surface area contributed by atoms with E-state index in [4.69, 9.17) is 4.74 Å². The molecule has 1 aliphatic rings. The van der Waals surface area contributed by atoms with Crippen LogP contribution in [-0.2, 0) is 0 Å². The Kier molecular flexibility index (Phi) is 5.71. The minimum atomic E-state index is 0.521. The summed E-state index contributed by atoms with van der Waals surface area (Å²) in [7, 11) is 0. The minimum Gasteiger partial charge on any atom is -0.494 e. The first kappa shape index (κ1) is 14.4. The molecule has 2 rings (SSSR count). The zero-order valence-electron chi connectivity index (χ0n) is 12.3. The topological polar surface area (TPSA) is 21.3 Å². The second-order valence-corrected chi connectivity index (χ2v) is 5.60. The Balaban J connectivity index is 1.94. The molecule has 1 atom stereocenters. The first-order valence-electron chi connectivity index (χ1n) is 7.79. The molecule has 1 N–H and O–H groups in total. The molecule has 1 unspecified atom stereocenters. The fraction of sp³-hybridized carbons (Fsp3) is 0.647. The van der Waals surface area contributed by atoms with Crippen molar-refractivity contribution < 1.29 is 4.74 Å². The summed E-state index contributed by atoms with van der Waals surface area (Å²) in [5.41, 5.74) is 1.41. The molecule has 106 valence electrons. The van der Waals surface area contributed by atoms with Crippen molar-refractivity contribution in [3.8, 4) is 5.75 Å². The fourth-order valence-corrected chi connectivity index (χ4v) is 2.36. The number of ether oxygens (including phenoxy) is 1. The van der Waals surface area contributed by atoms with Gasteiger partial charge in [0.25, 0.3) is 0 Å². The third-order valence-electron chi connectivity index (χ3n) is 3.66. The standard InChI is InChI=1S/C17H27NO/c1-3-11-18-17(13-14-5-6-14)15-7-9-16(10-8-15)19-12-4-2/h7-10,14,17-18H,3-6,11-13H2,1-2H3. The van der Waals surface area contributed by atoms with Crippen LogP contribution in [0.5, 0.6) is 5.75 Å². The molecule has 1 aromatic rings. The third kappa shape index (κ3) is 4.87. The molecule has 1 aliphatic carbocycles. The largest absolute Gasteiger partial charge is 0.494 e. The van der Waals surface area contributed by atoms with E-state index in [9.17, 15) is 0 Å². The second-order valence-electron chi connectivity index (χ2n) is 5.60. The van der Waals surface area contributed by atoms with Gasteiger partial charge in [0, 0.05) is 6.04 Å². The summed E-state index contributed by atoms with van der Waals surface area (Å²) in [6, 6.07) is 9.19. The summed E-state index contributed by atoms with van der Waals surface area (Å²) in [5.74, 6) is 1.94. The third-order valence-corrected chi connectivity index (χ3v) is 3.66. The lowest BCUT2D eigenvalue weighted by Crippen LogP contribution is -2.22. The van der Waals surface area contributed by atoms with E-state index in [1.165, 1.54) is 31.2 Å². The number of hydrogen-bond donors (Lipinski definition) is 1. The van der Waals surface area contributed by atoms with Crippen LogP contribution >= 0.6 is 0 Å². The van der Waals surface area contributed by atoms with Crippen LogP contribution in [0, 0.1) is 5.92 Å². The number of rotatable bonds is 9. The smallest absolute Gasteiger partial charge is 0.119 e. The summed E-state index contributed by atoms with van der Waals surface area (Å²) in [6.07, 6.45) is 6.38. The molecular formula is C17H27NO. The van der Waals surface area contributed by atoms with Crippen molar-refractivity contribution >= 4 is 0 Å². The lowest BCUT2D eigenvalue weighted by Gasteiger charge is -2.19. The van der Waals surface area contributed by atoms with Crippen molar-refractivity contribution in [3.05, 3.63) is 29.8 Å². The summed E-state index contributed by atoms with van der Waals surface area (Å²) in [4.78, 5) is 0. The Morgan fingerprint density at radius 2 is 1.89 bits per heavy atom. The molecule has 0 heterocycles. The van der Waals surface area contributed by atoms with Gasteiger partial charge in [0.2, 0.25) is 0 Å². The van der Waals surface area contributed by atoms with Gasteiger partial charge in [-0.2, -0.15) is 0 Å². The van der Waals surface area contributed by atoms with Crippen LogP contribution in [0.2, 0.25) is 0 Å². The van der Waals surface area contributed by atoms with E-state index in [1.807, 2.05) is 0 Å². The van der Waals surface area contributed by atoms with E-state index in [0.717, 1.165) is 31.2 Å². The normalized spacial score (nSPS) is 16.3.